The molecule has 2 rings (SSSR count). The van der Waals surface area contributed by atoms with E-state index in [9.17, 15) is 4.79 Å². The number of nitrogens with one attached hydrogen (secondary N) is 2. The van der Waals surface area contributed by atoms with Gasteiger partial charge in [0.25, 0.3) is 5.91 Å². The minimum absolute atomic E-state index is 0.0112. The van der Waals surface area contributed by atoms with Crippen molar-refractivity contribution in [2.24, 2.45) is 5.92 Å². The maximum Gasteiger partial charge on any atom is 0.253 e. The highest BCUT2D eigenvalue weighted by Crippen LogP contribution is 2.27. The molecular weight excluding hydrogens is 238 g/mol. The minimum Gasteiger partial charge on any atom is -0.386 e. The van der Waals surface area contributed by atoms with Crippen molar-refractivity contribution in [1.82, 2.24) is 10.3 Å². The Hall–Kier alpha value is -1.58. The SMILES string of the molecule is CCC1CCCCC1NC(=O)c1ccncc1NC. The number of hydrogen-bond donors (Lipinski definition) is 2. The first-order chi connectivity index (χ1) is 9.26. The Balaban J connectivity index is 2.07. The number of carbonyl (C=O) groups is 1. The van der Waals surface area contributed by atoms with Crippen LogP contribution in [0.25, 0.3) is 0 Å². The van der Waals surface area contributed by atoms with Crippen molar-refractivity contribution in [3.8, 4) is 0 Å². The summed E-state index contributed by atoms with van der Waals surface area (Å²) in [6, 6.07) is 2.09. The van der Waals surface area contributed by atoms with Crippen LogP contribution in [0.2, 0.25) is 0 Å². The molecule has 1 aromatic rings. The van der Waals surface area contributed by atoms with Gasteiger partial charge in [-0.1, -0.05) is 26.2 Å². The van der Waals surface area contributed by atoms with Crippen molar-refractivity contribution < 1.29 is 4.79 Å². The fourth-order valence-electron chi connectivity index (χ4n) is 2.92. The second kappa shape index (κ2) is 6.55. The van der Waals surface area contributed by atoms with Crippen molar-refractivity contribution in [3.63, 3.8) is 0 Å². The molecule has 0 bridgehead atoms. The number of anilines is 1. The quantitative estimate of drug-likeness (QED) is 0.876. The normalized spacial score (nSPS) is 22.8. The summed E-state index contributed by atoms with van der Waals surface area (Å²) in [7, 11) is 1.81. The van der Waals surface area contributed by atoms with E-state index in [4.69, 9.17) is 0 Å². The Kier molecular flexibility index (Phi) is 4.77. The van der Waals surface area contributed by atoms with Crippen LogP contribution in [0.4, 0.5) is 5.69 Å². The van der Waals surface area contributed by atoms with E-state index in [0.717, 1.165) is 18.5 Å². The summed E-state index contributed by atoms with van der Waals surface area (Å²) in [5.74, 6) is 0.634. The van der Waals surface area contributed by atoms with E-state index in [2.05, 4.69) is 22.5 Å². The molecule has 2 atom stereocenters. The zero-order valence-corrected chi connectivity index (χ0v) is 11.8. The lowest BCUT2D eigenvalue weighted by atomic mass is 9.83. The summed E-state index contributed by atoms with van der Waals surface area (Å²) in [4.78, 5) is 16.4. The van der Waals surface area contributed by atoms with Crippen LogP contribution in [0.1, 0.15) is 49.4 Å². The molecule has 0 aliphatic heterocycles. The third-order valence-corrected chi connectivity index (χ3v) is 4.08. The Bertz CT molecular complexity index is 433. The van der Waals surface area contributed by atoms with Gasteiger partial charge in [0, 0.05) is 19.3 Å². The van der Waals surface area contributed by atoms with Gasteiger partial charge in [-0.15, -0.1) is 0 Å². The van der Waals surface area contributed by atoms with Crippen LogP contribution in [-0.4, -0.2) is 24.0 Å². The summed E-state index contributed by atoms with van der Waals surface area (Å²) in [6.07, 6.45) is 9.33. The number of nitrogens with zero attached hydrogens (tertiary/aromatic N) is 1. The first-order valence-corrected chi connectivity index (χ1v) is 7.19. The van der Waals surface area contributed by atoms with Gasteiger partial charge in [0.2, 0.25) is 0 Å². The fraction of sp³-hybridized carbons (Fsp3) is 0.600. The van der Waals surface area contributed by atoms with Gasteiger partial charge in [-0.2, -0.15) is 0 Å². The summed E-state index contributed by atoms with van der Waals surface area (Å²) in [6.45, 7) is 2.21. The number of carbonyl (C=O) groups excluding carboxylic acids is 1. The second-order valence-electron chi connectivity index (χ2n) is 5.20. The molecule has 19 heavy (non-hydrogen) atoms. The smallest absolute Gasteiger partial charge is 0.253 e. The maximum absolute atomic E-state index is 12.4. The first kappa shape index (κ1) is 13.8. The van der Waals surface area contributed by atoms with Crippen molar-refractivity contribution in [3.05, 3.63) is 24.0 Å². The van der Waals surface area contributed by atoms with Crippen LogP contribution in [0.3, 0.4) is 0 Å². The van der Waals surface area contributed by atoms with Crippen molar-refractivity contribution in [2.45, 2.75) is 45.1 Å². The highest BCUT2D eigenvalue weighted by Gasteiger charge is 2.25. The lowest BCUT2D eigenvalue weighted by molar-refractivity contribution is 0.0905. The van der Waals surface area contributed by atoms with Gasteiger partial charge in [-0.25, -0.2) is 0 Å². The molecule has 1 amide bonds. The van der Waals surface area contributed by atoms with Crippen molar-refractivity contribution in [2.75, 3.05) is 12.4 Å². The number of hydrogen-bond acceptors (Lipinski definition) is 3. The van der Waals surface area contributed by atoms with E-state index in [-0.39, 0.29) is 5.91 Å². The van der Waals surface area contributed by atoms with Gasteiger partial charge >= 0.3 is 0 Å². The molecule has 1 heterocycles. The van der Waals surface area contributed by atoms with Gasteiger partial charge < -0.3 is 10.6 Å². The van der Waals surface area contributed by atoms with Gasteiger partial charge in [-0.05, 0) is 24.8 Å². The van der Waals surface area contributed by atoms with E-state index < -0.39 is 0 Å². The average Bonchev–Trinajstić information content (AvgIpc) is 2.47. The van der Waals surface area contributed by atoms with Gasteiger partial charge in [0.1, 0.15) is 0 Å². The Labute approximate surface area is 115 Å². The molecule has 4 heteroatoms. The Morgan fingerprint density at radius 2 is 2.21 bits per heavy atom. The van der Waals surface area contributed by atoms with Gasteiger partial charge in [-0.3, -0.25) is 9.78 Å². The van der Waals surface area contributed by atoms with E-state index >= 15 is 0 Å². The van der Waals surface area contributed by atoms with Crippen LogP contribution >= 0.6 is 0 Å². The van der Waals surface area contributed by atoms with E-state index in [1.54, 1.807) is 18.5 Å². The average molecular weight is 261 g/mol. The molecule has 1 saturated carbocycles. The molecule has 0 aromatic carbocycles. The highest BCUT2D eigenvalue weighted by atomic mass is 16.1. The predicted molar refractivity (Wildman–Crippen MR) is 77.3 cm³/mol. The number of pyridine rings is 1. The molecule has 1 aliphatic rings. The van der Waals surface area contributed by atoms with Crippen molar-refractivity contribution in [1.29, 1.82) is 0 Å². The van der Waals surface area contributed by atoms with Crippen LogP contribution in [0.5, 0.6) is 0 Å². The van der Waals surface area contributed by atoms with Crippen LogP contribution in [0, 0.1) is 5.92 Å². The van der Waals surface area contributed by atoms with Crippen LogP contribution in [0.15, 0.2) is 18.5 Å². The first-order valence-electron chi connectivity index (χ1n) is 7.19. The molecule has 1 fully saturated rings. The standard InChI is InChI=1S/C15H23N3O/c1-3-11-6-4-5-7-13(11)18-15(19)12-8-9-17-10-14(12)16-2/h8-11,13,16H,3-7H2,1-2H3,(H,18,19). The highest BCUT2D eigenvalue weighted by molar-refractivity contribution is 5.99. The lowest BCUT2D eigenvalue weighted by Gasteiger charge is -2.31. The summed E-state index contributed by atoms with van der Waals surface area (Å²) >= 11 is 0. The fourth-order valence-corrected chi connectivity index (χ4v) is 2.92. The van der Waals surface area contributed by atoms with E-state index in [1.807, 2.05) is 7.05 Å². The molecule has 2 N–H and O–H groups in total. The Morgan fingerprint density at radius 1 is 1.42 bits per heavy atom. The molecule has 1 aromatic heterocycles. The maximum atomic E-state index is 12.4. The van der Waals surface area contributed by atoms with Gasteiger partial charge in [0.05, 0.1) is 17.4 Å². The zero-order valence-electron chi connectivity index (χ0n) is 11.8. The minimum atomic E-state index is 0.0112. The van der Waals surface area contributed by atoms with Crippen molar-refractivity contribution >= 4 is 11.6 Å². The zero-order chi connectivity index (χ0) is 13.7. The monoisotopic (exact) mass is 261 g/mol. The molecule has 4 nitrogen and oxygen atoms in total. The second-order valence-corrected chi connectivity index (χ2v) is 5.20. The predicted octanol–water partition coefficient (Wildman–Crippen LogP) is 2.82. The van der Waals surface area contributed by atoms with Gasteiger partial charge in [0.15, 0.2) is 0 Å². The molecule has 104 valence electrons. The van der Waals surface area contributed by atoms with Crippen LogP contribution < -0.4 is 10.6 Å². The topological polar surface area (TPSA) is 54.0 Å². The molecule has 0 radical (unpaired) electrons. The molecule has 1 aliphatic carbocycles. The molecule has 0 spiro atoms. The van der Waals surface area contributed by atoms with E-state index in [0.29, 0.717) is 17.5 Å². The summed E-state index contributed by atoms with van der Waals surface area (Å²) in [5, 5.41) is 6.22. The lowest BCUT2D eigenvalue weighted by Crippen LogP contribution is -2.42. The summed E-state index contributed by atoms with van der Waals surface area (Å²) in [5.41, 5.74) is 1.46. The third kappa shape index (κ3) is 3.25. The largest absolute Gasteiger partial charge is 0.386 e. The molecule has 2 unspecified atom stereocenters. The number of amides is 1. The van der Waals surface area contributed by atoms with E-state index in [1.165, 1.54) is 19.3 Å². The summed E-state index contributed by atoms with van der Waals surface area (Å²) < 4.78 is 0. The third-order valence-electron chi connectivity index (χ3n) is 4.08. The number of rotatable bonds is 4. The Morgan fingerprint density at radius 3 is 2.95 bits per heavy atom. The number of aromatic nitrogens is 1. The van der Waals surface area contributed by atoms with Crippen LogP contribution in [-0.2, 0) is 0 Å². The molecular formula is C15H23N3O. The molecule has 0 saturated heterocycles.